The van der Waals surface area contributed by atoms with Crippen LogP contribution in [-0.4, -0.2) is 43.9 Å². The predicted octanol–water partition coefficient (Wildman–Crippen LogP) is 1.31. The van der Waals surface area contributed by atoms with Gasteiger partial charge in [-0.15, -0.1) is 0 Å². The number of hydrogen-bond acceptors (Lipinski definition) is 7. The highest BCUT2D eigenvalue weighted by Crippen LogP contribution is 2.22. The number of para-hydroxylation sites is 1. The van der Waals surface area contributed by atoms with Gasteiger partial charge < -0.3 is 14.2 Å². The molecule has 0 saturated carbocycles. The number of benzene rings is 1. The Morgan fingerprint density at radius 1 is 0.913 bits per heavy atom. The Labute approximate surface area is 130 Å². The largest absolute Gasteiger partial charge is 0.465 e. The molecule has 0 saturated heterocycles. The van der Waals surface area contributed by atoms with Gasteiger partial charge in [0.25, 0.3) is 0 Å². The second kappa shape index (κ2) is 6.30. The number of aromatic nitrogens is 1. The molecule has 0 bridgehead atoms. The van der Waals surface area contributed by atoms with Crippen LogP contribution in [0.2, 0.25) is 0 Å². The number of carbonyl (C=O) groups excluding carboxylic acids is 3. The molecule has 0 aliphatic carbocycles. The standard InChI is InChI=1S/C15H14N2O6/c1-21-13(18)10-8-6-4-5-7-9(8)17(15(20)23-3)12(16)11(10)14(19)22-2/h4-7,16H,1-3H3. The molecule has 8 nitrogen and oxygen atoms in total. The molecule has 0 aliphatic rings. The van der Waals surface area contributed by atoms with Crippen molar-refractivity contribution < 1.29 is 28.6 Å². The maximum Gasteiger partial charge on any atom is 0.419 e. The quantitative estimate of drug-likeness (QED) is 0.660. The van der Waals surface area contributed by atoms with Crippen LogP contribution in [0.25, 0.3) is 10.9 Å². The molecule has 0 aliphatic heterocycles. The third kappa shape index (κ3) is 2.54. The number of ether oxygens (including phenoxy) is 3. The summed E-state index contributed by atoms with van der Waals surface area (Å²) in [5, 5.41) is 8.42. The molecule has 0 radical (unpaired) electrons. The summed E-state index contributed by atoms with van der Waals surface area (Å²) in [4.78, 5) is 36.2. The molecule has 0 atom stereocenters. The third-order valence-corrected chi connectivity index (χ3v) is 3.26. The average Bonchev–Trinajstić information content (AvgIpc) is 2.58. The van der Waals surface area contributed by atoms with E-state index in [4.69, 9.17) is 10.1 Å². The Morgan fingerprint density at radius 3 is 2.04 bits per heavy atom. The van der Waals surface area contributed by atoms with Crippen molar-refractivity contribution in [3.05, 3.63) is 40.9 Å². The van der Waals surface area contributed by atoms with Crippen LogP contribution in [-0.2, 0) is 14.2 Å². The molecule has 1 aromatic heterocycles. The zero-order chi connectivity index (χ0) is 17.1. The molecule has 2 aromatic rings. The molecule has 2 rings (SSSR count). The van der Waals surface area contributed by atoms with E-state index in [0.717, 1.165) is 25.9 Å². The highest BCUT2D eigenvalue weighted by atomic mass is 16.5. The molecule has 1 aromatic carbocycles. The second-order valence-electron chi connectivity index (χ2n) is 4.40. The predicted molar refractivity (Wildman–Crippen MR) is 78.3 cm³/mol. The van der Waals surface area contributed by atoms with Crippen LogP contribution in [0.4, 0.5) is 4.79 Å². The highest BCUT2D eigenvalue weighted by Gasteiger charge is 2.27. The summed E-state index contributed by atoms with van der Waals surface area (Å²) < 4.78 is 14.9. The first-order chi connectivity index (χ1) is 11.0. The number of hydrogen-bond donors (Lipinski definition) is 1. The summed E-state index contributed by atoms with van der Waals surface area (Å²) in [6.07, 6.45) is -0.868. The second-order valence-corrected chi connectivity index (χ2v) is 4.40. The fourth-order valence-electron chi connectivity index (χ4n) is 2.26. The number of nitrogens with one attached hydrogen (secondary N) is 1. The van der Waals surface area contributed by atoms with Crippen molar-refractivity contribution in [3.63, 3.8) is 0 Å². The monoisotopic (exact) mass is 318 g/mol. The van der Waals surface area contributed by atoms with E-state index in [2.05, 4.69) is 9.47 Å². The first kappa shape index (κ1) is 16.2. The van der Waals surface area contributed by atoms with Gasteiger partial charge in [0.05, 0.1) is 32.4 Å². The van der Waals surface area contributed by atoms with Gasteiger partial charge in [-0.1, -0.05) is 18.2 Å². The van der Waals surface area contributed by atoms with Crippen molar-refractivity contribution in [3.8, 4) is 0 Å². The molecule has 1 N–H and O–H groups in total. The molecule has 0 unspecified atom stereocenters. The van der Waals surface area contributed by atoms with Crippen molar-refractivity contribution in [1.82, 2.24) is 4.57 Å². The zero-order valence-electron chi connectivity index (χ0n) is 12.7. The lowest BCUT2D eigenvalue weighted by atomic mass is 10.0. The number of methoxy groups -OCH3 is 3. The molecule has 8 heteroatoms. The lowest BCUT2D eigenvalue weighted by Gasteiger charge is -2.15. The Balaban J connectivity index is 3.09. The molecule has 1 heterocycles. The van der Waals surface area contributed by atoms with Gasteiger partial charge in [-0.25, -0.2) is 19.0 Å². The molecule has 0 amide bonds. The van der Waals surface area contributed by atoms with Crippen molar-refractivity contribution in [2.45, 2.75) is 0 Å². The van der Waals surface area contributed by atoms with E-state index in [1.807, 2.05) is 0 Å². The van der Waals surface area contributed by atoms with Gasteiger partial charge in [0.1, 0.15) is 5.56 Å². The summed E-state index contributed by atoms with van der Waals surface area (Å²) in [5.41, 5.74) is -0.802. The lowest BCUT2D eigenvalue weighted by Crippen LogP contribution is -2.35. The Hall–Kier alpha value is -3.16. The van der Waals surface area contributed by atoms with Crippen LogP contribution in [0, 0.1) is 5.41 Å². The normalized spacial score (nSPS) is 10.2. The topological polar surface area (TPSA) is 108 Å². The number of esters is 2. The molecular weight excluding hydrogens is 304 g/mol. The van der Waals surface area contributed by atoms with Crippen molar-refractivity contribution in [2.24, 2.45) is 0 Å². The maximum absolute atomic E-state index is 12.1. The molecule has 0 spiro atoms. The minimum Gasteiger partial charge on any atom is -0.465 e. The zero-order valence-corrected chi connectivity index (χ0v) is 12.7. The fraction of sp³-hybridized carbons (Fsp3) is 0.200. The van der Waals surface area contributed by atoms with Crippen molar-refractivity contribution in [2.75, 3.05) is 21.3 Å². The van der Waals surface area contributed by atoms with Crippen LogP contribution in [0.5, 0.6) is 0 Å². The van der Waals surface area contributed by atoms with E-state index in [9.17, 15) is 14.4 Å². The third-order valence-electron chi connectivity index (χ3n) is 3.26. The Morgan fingerprint density at radius 2 is 1.48 bits per heavy atom. The van der Waals surface area contributed by atoms with E-state index in [1.54, 1.807) is 12.1 Å². The van der Waals surface area contributed by atoms with Gasteiger partial charge in [-0.05, 0) is 6.07 Å². The summed E-state index contributed by atoms with van der Waals surface area (Å²) in [5.74, 6) is -1.74. The number of carbonyl (C=O) groups is 3. The Kier molecular flexibility index (Phi) is 4.44. The summed E-state index contributed by atoms with van der Waals surface area (Å²) in [6, 6.07) is 6.31. The van der Waals surface area contributed by atoms with Crippen LogP contribution >= 0.6 is 0 Å². The van der Waals surface area contributed by atoms with Gasteiger partial charge in [-0.3, -0.25) is 5.41 Å². The first-order valence-electron chi connectivity index (χ1n) is 6.45. The average molecular weight is 318 g/mol. The van der Waals surface area contributed by atoms with Gasteiger partial charge >= 0.3 is 18.0 Å². The molecular formula is C15H14N2O6. The first-order valence-corrected chi connectivity index (χ1v) is 6.45. The number of nitrogens with zero attached hydrogens (tertiary/aromatic N) is 1. The highest BCUT2D eigenvalue weighted by molar-refractivity contribution is 6.12. The van der Waals surface area contributed by atoms with E-state index >= 15 is 0 Å². The van der Waals surface area contributed by atoms with E-state index in [1.165, 1.54) is 12.1 Å². The summed E-state index contributed by atoms with van der Waals surface area (Å²) in [6.45, 7) is 0. The number of rotatable bonds is 2. The van der Waals surface area contributed by atoms with E-state index in [0.29, 0.717) is 0 Å². The minimum atomic E-state index is -0.932. The van der Waals surface area contributed by atoms with Gasteiger partial charge in [0, 0.05) is 5.39 Å². The molecule has 23 heavy (non-hydrogen) atoms. The molecule has 120 valence electrons. The number of pyridine rings is 1. The van der Waals surface area contributed by atoms with Gasteiger partial charge in [0.2, 0.25) is 0 Å². The lowest BCUT2D eigenvalue weighted by molar-refractivity contribution is 0.0554. The van der Waals surface area contributed by atoms with Crippen LogP contribution in [0.15, 0.2) is 24.3 Å². The Bertz CT molecular complexity index is 868. The van der Waals surface area contributed by atoms with Crippen LogP contribution in [0.1, 0.15) is 20.7 Å². The summed E-state index contributed by atoms with van der Waals surface area (Å²) in [7, 11) is 3.42. The van der Waals surface area contributed by atoms with Crippen molar-refractivity contribution in [1.29, 1.82) is 5.41 Å². The van der Waals surface area contributed by atoms with Gasteiger partial charge in [0.15, 0.2) is 5.49 Å². The molecule has 0 fully saturated rings. The van der Waals surface area contributed by atoms with Crippen LogP contribution in [0.3, 0.4) is 0 Å². The van der Waals surface area contributed by atoms with Gasteiger partial charge in [-0.2, -0.15) is 0 Å². The smallest absolute Gasteiger partial charge is 0.419 e. The minimum absolute atomic E-state index is 0.139. The van der Waals surface area contributed by atoms with Crippen molar-refractivity contribution >= 4 is 28.9 Å². The number of fused-ring (bicyclic) bond motifs is 1. The SMILES string of the molecule is COC(=O)c1c(C(=O)OC)c2ccccc2n(C(=O)OC)c1=N. The maximum atomic E-state index is 12.1. The van der Waals surface area contributed by atoms with E-state index < -0.39 is 23.5 Å². The van der Waals surface area contributed by atoms with E-state index in [-0.39, 0.29) is 22.0 Å². The van der Waals surface area contributed by atoms with Crippen LogP contribution < -0.4 is 5.49 Å². The summed E-state index contributed by atoms with van der Waals surface area (Å²) >= 11 is 0. The fourth-order valence-corrected chi connectivity index (χ4v) is 2.26.